The monoisotopic (exact) mass is 282 g/mol. The standard InChI is InChI=1S/C9H12Cl2N2O2S/c1-6(5-12)13-16(14,15)9-4-7(10)2-3-8(9)11/h2-4,6,13H,5,12H2,1H3/t6-/m1/s1. The van der Waals surface area contributed by atoms with Crippen molar-refractivity contribution in [1.82, 2.24) is 4.72 Å². The molecule has 1 aromatic carbocycles. The molecule has 0 saturated carbocycles. The Morgan fingerprint density at radius 2 is 2.06 bits per heavy atom. The topological polar surface area (TPSA) is 72.2 Å². The first-order valence-electron chi connectivity index (χ1n) is 4.54. The summed E-state index contributed by atoms with van der Waals surface area (Å²) >= 11 is 11.5. The highest BCUT2D eigenvalue weighted by Gasteiger charge is 2.20. The van der Waals surface area contributed by atoms with Crippen LogP contribution in [0, 0.1) is 0 Å². The molecule has 1 aromatic rings. The van der Waals surface area contributed by atoms with Gasteiger partial charge in [0.05, 0.1) is 5.02 Å². The molecule has 7 heteroatoms. The van der Waals surface area contributed by atoms with Gasteiger partial charge >= 0.3 is 0 Å². The molecule has 0 aromatic heterocycles. The maximum absolute atomic E-state index is 11.9. The van der Waals surface area contributed by atoms with Gasteiger partial charge in [-0.2, -0.15) is 0 Å². The predicted octanol–water partition coefficient (Wildman–Crippen LogP) is 1.62. The summed E-state index contributed by atoms with van der Waals surface area (Å²) in [6.45, 7) is 1.87. The van der Waals surface area contributed by atoms with Crippen LogP contribution in [0.3, 0.4) is 0 Å². The van der Waals surface area contributed by atoms with Gasteiger partial charge in [0.15, 0.2) is 0 Å². The summed E-state index contributed by atoms with van der Waals surface area (Å²) in [5, 5.41) is 0.436. The second-order valence-electron chi connectivity index (χ2n) is 3.33. The SMILES string of the molecule is C[C@H](CN)NS(=O)(=O)c1cc(Cl)ccc1Cl. The van der Waals surface area contributed by atoms with E-state index >= 15 is 0 Å². The fourth-order valence-corrected chi connectivity index (χ4v) is 3.08. The van der Waals surface area contributed by atoms with Crippen LogP contribution in [0.25, 0.3) is 0 Å². The Hall–Kier alpha value is -0.330. The molecular weight excluding hydrogens is 271 g/mol. The molecule has 1 rings (SSSR count). The van der Waals surface area contributed by atoms with Gasteiger partial charge in [0.25, 0.3) is 0 Å². The minimum Gasteiger partial charge on any atom is -0.329 e. The smallest absolute Gasteiger partial charge is 0.242 e. The number of rotatable bonds is 4. The van der Waals surface area contributed by atoms with Crippen molar-refractivity contribution in [3.05, 3.63) is 28.2 Å². The van der Waals surface area contributed by atoms with Crippen molar-refractivity contribution in [2.45, 2.75) is 17.9 Å². The quantitative estimate of drug-likeness (QED) is 0.882. The van der Waals surface area contributed by atoms with Gasteiger partial charge in [-0.15, -0.1) is 0 Å². The molecule has 0 heterocycles. The molecule has 1 atom stereocenters. The van der Waals surface area contributed by atoms with Crippen LogP contribution in [-0.4, -0.2) is 21.0 Å². The minimum absolute atomic E-state index is 0.0398. The van der Waals surface area contributed by atoms with E-state index in [4.69, 9.17) is 28.9 Å². The molecule has 0 saturated heterocycles. The van der Waals surface area contributed by atoms with Crippen LogP contribution in [0.15, 0.2) is 23.1 Å². The number of sulfonamides is 1. The van der Waals surface area contributed by atoms with E-state index in [-0.39, 0.29) is 22.5 Å². The number of benzene rings is 1. The zero-order valence-corrected chi connectivity index (χ0v) is 10.9. The molecule has 4 nitrogen and oxygen atoms in total. The lowest BCUT2D eigenvalue weighted by Crippen LogP contribution is -2.37. The van der Waals surface area contributed by atoms with Gasteiger partial charge in [-0.1, -0.05) is 23.2 Å². The Morgan fingerprint density at radius 3 is 2.62 bits per heavy atom. The fourth-order valence-electron chi connectivity index (χ4n) is 1.06. The molecule has 0 bridgehead atoms. The van der Waals surface area contributed by atoms with Crippen molar-refractivity contribution in [2.75, 3.05) is 6.54 Å². The summed E-state index contributed by atoms with van der Waals surface area (Å²) < 4.78 is 26.1. The average molecular weight is 283 g/mol. The first-order chi connectivity index (χ1) is 7.36. The van der Waals surface area contributed by atoms with E-state index in [1.807, 2.05) is 0 Å². The van der Waals surface area contributed by atoms with E-state index in [2.05, 4.69) is 4.72 Å². The van der Waals surface area contributed by atoms with Gasteiger partial charge < -0.3 is 5.73 Å². The van der Waals surface area contributed by atoms with Gasteiger partial charge in [-0.25, -0.2) is 13.1 Å². The van der Waals surface area contributed by atoms with E-state index in [1.165, 1.54) is 18.2 Å². The molecule has 0 radical (unpaired) electrons. The van der Waals surface area contributed by atoms with Gasteiger partial charge in [0.1, 0.15) is 4.90 Å². The molecule has 0 spiro atoms. The number of nitrogens with two attached hydrogens (primary N) is 1. The maximum atomic E-state index is 11.9. The molecule has 0 fully saturated rings. The van der Waals surface area contributed by atoms with Crippen molar-refractivity contribution >= 4 is 33.2 Å². The Bertz CT molecular complexity index is 476. The average Bonchev–Trinajstić information content (AvgIpc) is 2.20. The Balaban J connectivity index is 3.12. The normalized spacial score (nSPS) is 13.8. The Kier molecular flexibility index (Phi) is 4.58. The number of hydrogen-bond acceptors (Lipinski definition) is 3. The maximum Gasteiger partial charge on any atom is 0.242 e. The van der Waals surface area contributed by atoms with E-state index in [9.17, 15) is 8.42 Å². The number of hydrogen-bond donors (Lipinski definition) is 2. The summed E-state index contributed by atoms with van der Waals surface area (Å²) in [5.41, 5.74) is 5.34. The highest BCUT2D eigenvalue weighted by Crippen LogP contribution is 2.24. The third-order valence-electron chi connectivity index (χ3n) is 1.89. The zero-order chi connectivity index (χ0) is 12.3. The minimum atomic E-state index is -3.67. The highest BCUT2D eigenvalue weighted by atomic mass is 35.5. The molecule has 0 unspecified atom stereocenters. The van der Waals surface area contributed by atoms with E-state index < -0.39 is 10.0 Å². The van der Waals surface area contributed by atoms with E-state index in [0.717, 1.165) is 0 Å². The predicted molar refractivity (Wildman–Crippen MR) is 65.3 cm³/mol. The Morgan fingerprint density at radius 1 is 1.44 bits per heavy atom. The van der Waals surface area contributed by atoms with Crippen molar-refractivity contribution in [2.24, 2.45) is 5.73 Å². The van der Waals surface area contributed by atoms with Gasteiger partial charge in [-0.05, 0) is 25.1 Å². The lowest BCUT2D eigenvalue weighted by Gasteiger charge is -2.13. The second kappa shape index (κ2) is 5.33. The van der Waals surface area contributed by atoms with Crippen molar-refractivity contribution in [3.8, 4) is 0 Å². The van der Waals surface area contributed by atoms with Crippen LogP contribution in [-0.2, 0) is 10.0 Å². The van der Waals surface area contributed by atoms with Crippen LogP contribution in [0.1, 0.15) is 6.92 Å². The van der Waals surface area contributed by atoms with Crippen LogP contribution in [0.4, 0.5) is 0 Å². The molecule has 0 aliphatic rings. The van der Waals surface area contributed by atoms with Crippen LogP contribution in [0.2, 0.25) is 10.0 Å². The van der Waals surface area contributed by atoms with Gasteiger partial charge in [0, 0.05) is 17.6 Å². The van der Waals surface area contributed by atoms with Gasteiger partial charge in [-0.3, -0.25) is 0 Å². The first kappa shape index (κ1) is 13.7. The van der Waals surface area contributed by atoms with E-state index in [1.54, 1.807) is 6.92 Å². The largest absolute Gasteiger partial charge is 0.329 e. The summed E-state index contributed by atoms with van der Waals surface area (Å²) in [6.07, 6.45) is 0. The number of halogens is 2. The van der Waals surface area contributed by atoms with Crippen molar-refractivity contribution in [1.29, 1.82) is 0 Å². The molecule has 0 amide bonds. The van der Waals surface area contributed by atoms with Crippen LogP contribution < -0.4 is 10.5 Å². The Labute approximate surface area is 105 Å². The lowest BCUT2D eigenvalue weighted by molar-refractivity contribution is 0.563. The summed E-state index contributed by atoms with van der Waals surface area (Å²) in [4.78, 5) is -0.0398. The third kappa shape index (κ3) is 3.33. The summed E-state index contributed by atoms with van der Waals surface area (Å²) in [7, 11) is -3.67. The fraction of sp³-hybridized carbons (Fsp3) is 0.333. The molecular formula is C9H12Cl2N2O2S. The van der Waals surface area contributed by atoms with E-state index in [0.29, 0.717) is 5.02 Å². The zero-order valence-electron chi connectivity index (χ0n) is 8.57. The van der Waals surface area contributed by atoms with Crippen LogP contribution >= 0.6 is 23.2 Å². The summed E-state index contributed by atoms with van der Waals surface area (Å²) in [5.74, 6) is 0. The van der Waals surface area contributed by atoms with Crippen molar-refractivity contribution < 1.29 is 8.42 Å². The molecule has 16 heavy (non-hydrogen) atoms. The first-order valence-corrected chi connectivity index (χ1v) is 6.78. The lowest BCUT2D eigenvalue weighted by atomic mass is 10.4. The molecule has 3 N–H and O–H groups in total. The second-order valence-corrected chi connectivity index (χ2v) is 5.86. The molecule has 90 valence electrons. The third-order valence-corrected chi connectivity index (χ3v) is 4.20. The van der Waals surface area contributed by atoms with Crippen LogP contribution in [0.5, 0.6) is 0 Å². The highest BCUT2D eigenvalue weighted by molar-refractivity contribution is 7.89. The van der Waals surface area contributed by atoms with Gasteiger partial charge in [0.2, 0.25) is 10.0 Å². The number of nitrogens with one attached hydrogen (secondary N) is 1. The molecule has 0 aliphatic heterocycles. The summed E-state index contributed by atoms with van der Waals surface area (Å²) in [6, 6.07) is 3.90. The van der Waals surface area contributed by atoms with Crippen molar-refractivity contribution in [3.63, 3.8) is 0 Å². The molecule has 0 aliphatic carbocycles.